The Balaban J connectivity index is 1.86. The van der Waals surface area contributed by atoms with Gasteiger partial charge in [0.05, 0.1) is 0 Å². The summed E-state index contributed by atoms with van der Waals surface area (Å²) in [6.45, 7) is 0. The highest BCUT2D eigenvalue weighted by Gasteiger charge is 2.21. The molecule has 0 bridgehead atoms. The lowest BCUT2D eigenvalue weighted by Gasteiger charge is -2.16. The van der Waals surface area contributed by atoms with Crippen molar-refractivity contribution in [2.45, 2.75) is 12.3 Å². The van der Waals surface area contributed by atoms with Gasteiger partial charge in [0.2, 0.25) is 0 Å². The third-order valence-corrected chi connectivity index (χ3v) is 5.50. The number of aromatic amines is 2. The number of benzene rings is 2. The van der Waals surface area contributed by atoms with E-state index in [1.54, 1.807) is 6.26 Å². The number of nitrogens with one attached hydrogen (secondary N) is 2. The van der Waals surface area contributed by atoms with Crippen LogP contribution in [0.15, 0.2) is 60.9 Å². The lowest BCUT2D eigenvalue weighted by Crippen LogP contribution is -2.05. The van der Waals surface area contributed by atoms with Crippen LogP contribution in [-0.2, 0) is 10.8 Å². The van der Waals surface area contributed by atoms with Crippen LogP contribution in [0.25, 0.3) is 21.8 Å². The van der Waals surface area contributed by atoms with Crippen molar-refractivity contribution in [1.82, 2.24) is 9.97 Å². The first-order valence-corrected chi connectivity index (χ1v) is 9.89. The normalized spacial score (nSPS) is 13.1. The van der Waals surface area contributed by atoms with E-state index in [2.05, 4.69) is 58.8 Å². The maximum atomic E-state index is 11.7. The summed E-state index contributed by atoms with van der Waals surface area (Å²) in [5.41, 5.74) is 4.85. The predicted molar refractivity (Wildman–Crippen MR) is 102 cm³/mol. The van der Waals surface area contributed by atoms with Gasteiger partial charge in [0.15, 0.2) is 0 Å². The highest BCUT2D eigenvalue weighted by molar-refractivity contribution is 7.84. The van der Waals surface area contributed by atoms with Crippen molar-refractivity contribution in [3.05, 3.63) is 72.1 Å². The van der Waals surface area contributed by atoms with Gasteiger partial charge in [-0.2, -0.15) is 0 Å². The zero-order valence-electron chi connectivity index (χ0n) is 13.6. The van der Waals surface area contributed by atoms with Gasteiger partial charge in [0.1, 0.15) is 0 Å². The molecule has 3 nitrogen and oxygen atoms in total. The maximum absolute atomic E-state index is 11.7. The molecule has 0 aliphatic heterocycles. The Morgan fingerprint density at radius 2 is 1.38 bits per heavy atom. The van der Waals surface area contributed by atoms with Gasteiger partial charge in [0.25, 0.3) is 0 Å². The van der Waals surface area contributed by atoms with Gasteiger partial charge in [-0.05, 0) is 29.7 Å². The summed E-state index contributed by atoms with van der Waals surface area (Å²) in [4.78, 5) is 6.76. The van der Waals surface area contributed by atoms with Crippen molar-refractivity contribution in [1.29, 1.82) is 0 Å². The Hall–Kier alpha value is -2.33. The van der Waals surface area contributed by atoms with E-state index < -0.39 is 10.8 Å². The third-order valence-electron chi connectivity index (χ3n) is 4.69. The first-order valence-electron chi connectivity index (χ1n) is 8.16. The molecule has 0 spiro atoms. The molecule has 1 atom stereocenters. The second-order valence-electron chi connectivity index (χ2n) is 6.20. The van der Waals surface area contributed by atoms with Crippen LogP contribution in [0.2, 0.25) is 0 Å². The van der Waals surface area contributed by atoms with E-state index in [9.17, 15) is 4.21 Å². The highest BCUT2D eigenvalue weighted by Crippen LogP contribution is 2.36. The average Bonchev–Trinajstić information content (AvgIpc) is 3.20. The van der Waals surface area contributed by atoms with Crippen LogP contribution in [0.4, 0.5) is 0 Å². The van der Waals surface area contributed by atoms with E-state index in [-0.39, 0.29) is 5.92 Å². The number of rotatable bonds is 5. The number of hydrogen-bond donors (Lipinski definition) is 2. The SMILES string of the molecule is CS(=O)CCC(c1c[nH]c2ccccc12)c1c[nH]c2ccccc12. The monoisotopic (exact) mass is 336 g/mol. The molecule has 2 N–H and O–H groups in total. The lowest BCUT2D eigenvalue weighted by molar-refractivity contribution is 0.680. The molecule has 0 saturated carbocycles. The molecule has 122 valence electrons. The molecular formula is C20H20N2OS. The fraction of sp³-hybridized carbons (Fsp3) is 0.200. The van der Waals surface area contributed by atoms with Crippen molar-refractivity contribution >= 4 is 32.6 Å². The predicted octanol–water partition coefficient (Wildman–Crippen LogP) is 4.55. The molecule has 0 saturated heterocycles. The second-order valence-corrected chi connectivity index (χ2v) is 7.75. The topological polar surface area (TPSA) is 48.6 Å². The first-order chi connectivity index (χ1) is 11.7. The van der Waals surface area contributed by atoms with Crippen LogP contribution in [-0.4, -0.2) is 26.2 Å². The molecule has 1 unspecified atom stereocenters. The van der Waals surface area contributed by atoms with Gasteiger partial charge in [-0.15, -0.1) is 0 Å². The molecule has 24 heavy (non-hydrogen) atoms. The number of aromatic nitrogens is 2. The molecule has 0 fully saturated rings. The molecule has 0 aliphatic rings. The van der Waals surface area contributed by atoms with Crippen LogP contribution < -0.4 is 0 Å². The Morgan fingerprint density at radius 3 is 1.88 bits per heavy atom. The molecule has 0 aliphatic carbocycles. The van der Waals surface area contributed by atoms with E-state index in [0.717, 1.165) is 17.5 Å². The summed E-state index contributed by atoms with van der Waals surface area (Å²) in [7, 11) is -0.797. The smallest absolute Gasteiger partial charge is 0.0457 e. The van der Waals surface area contributed by atoms with Crippen molar-refractivity contribution in [2.75, 3.05) is 12.0 Å². The van der Waals surface area contributed by atoms with Crippen molar-refractivity contribution in [3.8, 4) is 0 Å². The van der Waals surface area contributed by atoms with Gasteiger partial charge >= 0.3 is 0 Å². The van der Waals surface area contributed by atoms with Crippen LogP contribution in [0.3, 0.4) is 0 Å². The first kappa shape index (κ1) is 15.2. The number of fused-ring (bicyclic) bond motifs is 2. The van der Waals surface area contributed by atoms with Crippen LogP contribution in [0, 0.1) is 0 Å². The second kappa shape index (κ2) is 6.29. The Morgan fingerprint density at radius 1 is 0.875 bits per heavy atom. The lowest BCUT2D eigenvalue weighted by atomic mass is 9.88. The summed E-state index contributed by atoms with van der Waals surface area (Å²) >= 11 is 0. The summed E-state index contributed by atoms with van der Waals surface area (Å²) in [5, 5.41) is 2.49. The minimum Gasteiger partial charge on any atom is -0.361 e. The fourth-order valence-corrected chi connectivity index (χ4v) is 4.09. The van der Waals surface area contributed by atoms with Gasteiger partial charge < -0.3 is 9.97 Å². The Labute approximate surface area is 143 Å². The summed E-state index contributed by atoms with van der Waals surface area (Å²) in [6, 6.07) is 16.8. The van der Waals surface area contributed by atoms with E-state index in [0.29, 0.717) is 5.75 Å². The quantitative estimate of drug-likeness (QED) is 0.552. The van der Waals surface area contributed by atoms with E-state index in [1.165, 1.54) is 21.9 Å². The van der Waals surface area contributed by atoms with Crippen LogP contribution in [0.5, 0.6) is 0 Å². The standard InChI is InChI=1S/C20H20N2OS/c1-24(23)11-10-14(17-12-21-19-8-4-2-6-15(17)19)18-13-22-20-9-5-3-7-16(18)20/h2-9,12-14,21-22H,10-11H2,1H3. The molecule has 4 aromatic rings. The van der Waals surface area contributed by atoms with Crippen LogP contribution >= 0.6 is 0 Å². The molecule has 2 heterocycles. The van der Waals surface area contributed by atoms with Crippen molar-refractivity contribution in [3.63, 3.8) is 0 Å². The average molecular weight is 336 g/mol. The maximum Gasteiger partial charge on any atom is 0.0457 e. The molecule has 2 aromatic heterocycles. The molecule has 4 rings (SSSR count). The largest absolute Gasteiger partial charge is 0.361 e. The van der Waals surface area contributed by atoms with Gasteiger partial charge in [-0.1, -0.05) is 36.4 Å². The zero-order chi connectivity index (χ0) is 16.5. The third kappa shape index (κ3) is 2.67. The molecule has 0 radical (unpaired) electrons. The van der Waals surface area contributed by atoms with Crippen molar-refractivity contribution < 1.29 is 4.21 Å². The number of hydrogen-bond acceptors (Lipinski definition) is 1. The Bertz CT molecular complexity index is 941. The van der Waals surface area contributed by atoms with Crippen LogP contribution in [0.1, 0.15) is 23.5 Å². The molecule has 0 amide bonds. The molecular weight excluding hydrogens is 316 g/mol. The zero-order valence-corrected chi connectivity index (χ0v) is 14.4. The van der Waals surface area contributed by atoms with E-state index in [1.807, 2.05) is 12.1 Å². The minimum absolute atomic E-state index is 0.223. The molecule has 2 aromatic carbocycles. The van der Waals surface area contributed by atoms with E-state index >= 15 is 0 Å². The summed E-state index contributed by atoms with van der Waals surface area (Å²) in [5.74, 6) is 0.921. The van der Waals surface area contributed by atoms with E-state index in [4.69, 9.17) is 0 Å². The van der Waals surface area contributed by atoms with Gasteiger partial charge in [-0.3, -0.25) is 4.21 Å². The minimum atomic E-state index is -0.797. The summed E-state index contributed by atoms with van der Waals surface area (Å²) in [6.07, 6.45) is 6.86. The fourth-order valence-electron chi connectivity index (χ4n) is 3.53. The molecule has 4 heteroatoms. The Kier molecular flexibility index (Phi) is 3.98. The number of para-hydroxylation sites is 2. The van der Waals surface area contributed by atoms with Gasteiger partial charge in [-0.25, -0.2) is 0 Å². The van der Waals surface area contributed by atoms with Crippen molar-refractivity contribution in [2.24, 2.45) is 0 Å². The van der Waals surface area contributed by atoms with Gasteiger partial charge in [0, 0.05) is 62.9 Å². The highest BCUT2D eigenvalue weighted by atomic mass is 32.2. The summed E-state index contributed by atoms with van der Waals surface area (Å²) < 4.78 is 11.7. The number of H-pyrrole nitrogens is 2.